The van der Waals surface area contributed by atoms with Crippen LogP contribution in [0.3, 0.4) is 0 Å². The van der Waals surface area contributed by atoms with E-state index in [1.54, 1.807) is 17.8 Å². The molecule has 1 amide bonds. The van der Waals surface area contributed by atoms with Crippen molar-refractivity contribution < 1.29 is 4.79 Å². The zero-order chi connectivity index (χ0) is 16.4. The molecule has 7 heteroatoms. The molecule has 1 fully saturated rings. The van der Waals surface area contributed by atoms with E-state index in [4.69, 9.17) is 0 Å². The van der Waals surface area contributed by atoms with Crippen molar-refractivity contribution >= 4 is 27.8 Å². The lowest BCUT2D eigenvalue weighted by atomic mass is 9.98. The summed E-state index contributed by atoms with van der Waals surface area (Å²) in [5.74, 6) is 1.50. The summed E-state index contributed by atoms with van der Waals surface area (Å²) in [6.45, 7) is 3.93. The predicted molar refractivity (Wildman–Crippen MR) is 92.7 cm³/mol. The molecule has 0 atom stereocenters. The fourth-order valence-electron chi connectivity index (χ4n) is 2.73. The van der Waals surface area contributed by atoms with Gasteiger partial charge < -0.3 is 5.32 Å². The summed E-state index contributed by atoms with van der Waals surface area (Å²) in [4.78, 5) is 16.9. The molecular formula is C16H20BrN5O. The molecule has 3 rings (SSSR count). The van der Waals surface area contributed by atoms with Gasteiger partial charge in [-0.3, -0.25) is 10.1 Å². The van der Waals surface area contributed by atoms with E-state index in [0.717, 1.165) is 41.8 Å². The number of amides is 1. The van der Waals surface area contributed by atoms with Crippen LogP contribution in [-0.2, 0) is 7.05 Å². The van der Waals surface area contributed by atoms with Gasteiger partial charge in [0.1, 0.15) is 0 Å². The number of benzene rings is 1. The van der Waals surface area contributed by atoms with Gasteiger partial charge in [0, 0.05) is 23.0 Å². The van der Waals surface area contributed by atoms with Crippen LogP contribution < -0.4 is 10.6 Å². The predicted octanol–water partition coefficient (Wildman–Crippen LogP) is 2.61. The fraction of sp³-hybridized carbons (Fsp3) is 0.438. The Morgan fingerprint density at radius 3 is 2.83 bits per heavy atom. The van der Waals surface area contributed by atoms with Gasteiger partial charge in [-0.15, -0.1) is 0 Å². The van der Waals surface area contributed by atoms with Crippen LogP contribution in [0.25, 0.3) is 0 Å². The maximum absolute atomic E-state index is 12.4. The molecule has 1 aliphatic heterocycles. The summed E-state index contributed by atoms with van der Waals surface area (Å²) in [6.07, 6.45) is 2.06. The van der Waals surface area contributed by atoms with Crippen LogP contribution in [0.15, 0.2) is 22.7 Å². The fourth-order valence-corrected chi connectivity index (χ4v) is 2.97. The first-order chi connectivity index (χ1) is 11.0. The van der Waals surface area contributed by atoms with Crippen LogP contribution in [0.2, 0.25) is 0 Å². The van der Waals surface area contributed by atoms with Gasteiger partial charge in [-0.05, 0) is 56.6 Å². The van der Waals surface area contributed by atoms with Gasteiger partial charge in [-0.2, -0.15) is 10.1 Å². The number of hydrogen-bond acceptors (Lipinski definition) is 4. The average molecular weight is 378 g/mol. The third-order valence-corrected chi connectivity index (χ3v) is 5.02. The van der Waals surface area contributed by atoms with Gasteiger partial charge in [0.2, 0.25) is 5.95 Å². The van der Waals surface area contributed by atoms with Crippen LogP contribution in [0.1, 0.15) is 40.5 Å². The van der Waals surface area contributed by atoms with Gasteiger partial charge in [0.05, 0.1) is 0 Å². The first kappa shape index (κ1) is 16.1. The third-order valence-electron chi connectivity index (χ3n) is 4.13. The average Bonchev–Trinajstić information content (AvgIpc) is 2.92. The molecule has 0 bridgehead atoms. The second kappa shape index (κ2) is 6.80. The van der Waals surface area contributed by atoms with Gasteiger partial charge >= 0.3 is 0 Å². The number of hydrogen-bond donors (Lipinski definition) is 2. The Bertz CT molecular complexity index is 721. The molecule has 0 aliphatic carbocycles. The molecule has 6 nitrogen and oxygen atoms in total. The molecule has 1 aliphatic rings. The maximum atomic E-state index is 12.4. The molecule has 2 heterocycles. The Labute approximate surface area is 143 Å². The Hall–Kier alpha value is -1.73. The first-order valence-electron chi connectivity index (χ1n) is 7.74. The molecule has 1 aromatic carbocycles. The molecule has 2 aromatic rings. The first-order valence-corrected chi connectivity index (χ1v) is 8.53. The SMILES string of the molecule is Cc1cc(C(=O)Nc2nc(C3CCNCC3)nn2C)ccc1Br. The smallest absolute Gasteiger partial charge is 0.258 e. The molecule has 23 heavy (non-hydrogen) atoms. The van der Waals surface area contributed by atoms with Gasteiger partial charge in [-0.1, -0.05) is 15.9 Å². The monoisotopic (exact) mass is 377 g/mol. The summed E-state index contributed by atoms with van der Waals surface area (Å²) < 4.78 is 2.63. The minimum atomic E-state index is -0.173. The number of nitrogens with one attached hydrogen (secondary N) is 2. The minimum absolute atomic E-state index is 0.173. The molecule has 2 N–H and O–H groups in total. The Morgan fingerprint density at radius 1 is 1.39 bits per heavy atom. The number of nitrogens with zero attached hydrogens (tertiary/aromatic N) is 3. The van der Waals surface area contributed by atoms with E-state index in [2.05, 4.69) is 36.6 Å². The molecule has 1 saturated heterocycles. The highest BCUT2D eigenvalue weighted by molar-refractivity contribution is 9.10. The second-order valence-corrected chi connectivity index (χ2v) is 6.71. The maximum Gasteiger partial charge on any atom is 0.258 e. The summed E-state index contributed by atoms with van der Waals surface area (Å²) in [5, 5.41) is 10.7. The van der Waals surface area contributed by atoms with E-state index >= 15 is 0 Å². The zero-order valence-corrected chi connectivity index (χ0v) is 14.9. The van der Waals surface area contributed by atoms with Crippen molar-refractivity contribution in [1.29, 1.82) is 0 Å². The molecule has 0 saturated carbocycles. The zero-order valence-electron chi connectivity index (χ0n) is 13.3. The summed E-state index contributed by atoms with van der Waals surface area (Å²) in [7, 11) is 1.81. The summed E-state index contributed by atoms with van der Waals surface area (Å²) in [5.41, 5.74) is 1.63. The van der Waals surface area contributed by atoms with E-state index in [-0.39, 0.29) is 5.91 Å². The Morgan fingerprint density at radius 2 is 2.13 bits per heavy atom. The summed E-state index contributed by atoms with van der Waals surface area (Å²) >= 11 is 3.44. The highest BCUT2D eigenvalue weighted by Crippen LogP contribution is 2.23. The Balaban J connectivity index is 1.75. The molecule has 0 radical (unpaired) electrons. The molecule has 0 unspecified atom stereocenters. The van der Waals surface area contributed by atoms with Crippen molar-refractivity contribution in [2.45, 2.75) is 25.7 Å². The quantitative estimate of drug-likeness (QED) is 0.862. The lowest BCUT2D eigenvalue weighted by Gasteiger charge is -2.19. The minimum Gasteiger partial charge on any atom is -0.317 e. The highest BCUT2D eigenvalue weighted by atomic mass is 79.9. The lowest BCUT2D eigenvalue weighted by Crippen LogP contribution is -2.27. The van der Waals surface area contributed by atoms with Crippen LogP contribution >= 0.6 is 15.9 Å². The van der Waals surface area contributed by atoms with E-state index in [1.165, 1.54) is 0 Å². The number of anilines is 1. The standard InChI is InChI=1S/C16H20BrN5O/c1-10-9-12(3-4-13(10)17)15(23)20-16-19-14(21-22(16)2)11-5-7-18-8-6-11/h3-4,9,11,18H,5-8H2,1-2H3,(H,19,20,21,23). The summed E-state index contributed by atoms with van der Waals surface area (Å²) in [6, 6.07) is 5.52. The van der Waals surface area contributed by atoms with Gasteiger partial charge in [-0.25, -0.2) is 4.68 Å². The number of rotatable bonds is 3. The van der Waals surface area contributed by atoms with E-state index in [1.807, 2.05) is 19.1 Å². The van der Waals surface area contributed by atoms with Crippen molar-refractivity contribution in [1.82, 2.24) is 20.1 Å². The molecular weight excluding hydrogens is 358 g/mol. The number of carbonyl (C=O) groups excluding carboxylic acids is 1. The number of piperidine rings is 1. The van der Waals surface area contributed by atoms with Crippen molar-refractivity contribution in [3.05, 3.63) is 39.6 Å². The molecule has 122 valence electrons. The van der Waals surface area contributed by atoms with Crippen LogP contribution in [0.4, 0.5) is 5.95 Å². The number of halogens is 1. The van der Waals surface area contributed by atoms with Crippen LogP contribution in [-0.4, -0.2) is 33.8 Å². The molecule has 1 aromatic heterocycles. The van der Waals surface area contributed by atoms with Crippen molar-refractivity contribution in [2.24, 2.45) is 7.05 Å². The highest BCUT2D eigenvalue weighted by Gasteiger charge is 2.21. The number of carbonyl (C=O) groups is 1. The number of aromatic nitrogens is 3. The van der Waals surface area contributed by atoms with E-state index in [9.17, 15) is 4.79 Å². The normalized spacial score (nSPS) is 15.6. The van der Waals surface area contributed by atoms with Crippen molar-refractivity contribution in [2.75, 3.05) is 18.4 Å². The second-order valence-electron chi connectivity index (χ2n) is 5.86. The Kier molecular flexibility index (Phi) is 4.77. The van der Waals surface area contributed by atoms with Gasteiger partial charge in [0.15, 0.2) is 5.82 Å². The number of aryl methyl sites for hydroxylation is 2. The van der Waals surface area contributed by atoms with E-state index in [0.29, 0.717) is 17.4 Å². The third kappa shape index (κ3) is 3.61. The largest absolute Gasteiger partial charge is 0.317 e. The van der Waals surface area contributed by atoms with E-state index < -0.39 is 0 Å². The van der Waals surface area contributed by atoms with Gasteiger partial charge in [0.25, 0.3) is 5.91 Å². The molecule has 0 spiro atoms. The topological polar surface area (TPSA) is 71.8 Å². The lowest BCUT2D eigenvalue weighted by molar-refractivity contribution is 0.102. The van der Waals surface area contributed by atoms with Crippen LogP contribution in [0.5, 0.6) is 0 Å². The van der Waals surface area contributed by atoms with Crippen molar-refractivity contribution in [3.63, 3.8) is 0 Å². The van der Waals surface area contributed by atoms with Crippen LogP contribution in [0, 0.1) is 6.92 Å². The van der Waals surface area contributed by atoms with Crippen molar-refractivity contribution in [3.8, 4) is 0 Å².